The third-order valence-electron chi connectivity index (χ3n) is 3.49. The minimum Gasteiger partial charge on any atom is -0.464 e. The van der Waals surface area contributed by atoms with Gasteiger partial charge < -0.3 is 14.6 Å². The first kappa shape index (κ1) is 11.5. The summed E-state index contributed by atoms with van der Waals surface area (Å²) in [6.07, 6.45) is 6.17. The van der Waals surface area contributed by atoms with E-state index in [0.717, 1.165) is 23.3 Å². The van der Waals surface area contributed by atoms with E-state index in [1.807, 2.05) is 12.1 Å². The van der Waals surface area contributed by atoms with Gasteiger partial charge in [0, 0.05) is 18.8 Å². The summed E-state index contributed by atoms with van der Waals surface area (Å²) >= 11 is 0. The molecule has 1 N–H and O–H groups in total. The summed E-state index contributed by atoms with van der Waals surface area (Å²) in [5.41, 5.74) is 0.890. The highest BCUT2D eigenvalue weighted by molar-refractivity contribution is 5.87. The summed E-state index contributed by atoms with van der Waals surface area (Å²) in [6, 6.07) is 4.26. The van der Waals surface area contributed by atoms with Gasteiger partial charge in [-0.15, -0.1) is 0 Å². The fraction of sp³-hybridized carbons (Fsp3) is 0.500. The number of furan rings is 1. The molecule has 0 bridgehead atoms. The van der Waals surface area contributed by atoms with Gasteiger partial charge in [-0.05, 0) is 45.0 Å². The molecule has 18 heavy (non-hydrogen) atoms. The number of fused-ring (bicyclic) bond motifs is 1. The monoisotopic (exact) mass is 245 g/mol. The number of nitrogens with zero attached hydrogens (tertiary/aromatic N) is 2. The third-order valence-corrected chi connectivity index (χ3v) is 3.49. The molecule has 1 saturated heterocycles. The highest BCUT2D eigenvalue weighted by Gasteiger charge is 2.15. The Bertz CT molecular complexity index is 516. The van der Waals surface area contributed by atoms with Gasteiger partial charge in [0.2, 0.25) is 0 Å². The number of hydrogen-bond donors (Lipinski definition) is 1. The van der Waals surface area contributed by atoms with Crippen molar-refractivity contribution in [3.8, 4) is 0 Å². The predicted octanol–water partition coefficient (Wildman–Crippen LogP) is 2.72. The Morgan fingerprint density at radius 2 is 2.22 bits per heavy atom. The van der Waals surface area contributed by atoms with Gasteiger partial charge in [-0.1, -0.05) is 0 Å². The fourth-order valence-corrected chi connectivity index (χ4v) is 2.64. The predicted molar refractivity (Wildman–Crippen MR) is 72.8 cm³/mol. The van der Waals surface area contributed by atoms with Gasteiger partial charge >= 0.3 is 0 Å². The van der Waals surface area contributed by atoms with E-state index in [-0.39, 0.29) is 0 Å². The van der Waals surface area contributed by atoms with E-state index < -0.39 is 0 Å². The Balaban J connectivity index is 1.69. The van der Waals surface area contributed by atoms with Crippen LogP contribution in [0.25, 0.3) is 11.0 Å². The van der Waals surface area contributed by atoms with E-state index in [2.05, 4.69) is 22.1 Å². The van der Waals surface area contributed by atoms with Crippen LogP contribution in [0, 0.1) is 0 Å². The molecule has 2 aromatic rings. The number of anilines is 1. The van der Waals surface area contributed by atoms with Gasteiger partial charge in [-0.3, -0.25) is 0 Å². The zero-order valence-corrected chi connectivity index (χ0v) is 10.7. The number of likely N-dealkylation sites (tertiary alicyclic amines) is 1. The molecular weight excluding hydrogens is 226 g/mol. The molecule has 4 heteroatoms. The van der Waals surface area contributed by atoms with Crippen LogP contribution in [0.5, 0.6) is 0 Å². The fourth-order valence-electron chi connectivity index (χ4n) is 2.64. The molecule has 3 heterocycles. The number of hydrogen-bond acceptors (Lipinski definition) is 4. The van der Waals surface area contributed by atoms with Crippen LogP contribution in [0.2, 0.25) is 0 Å². The van der Waals surface area contributed by atoms with Gasteiger partial charge in [0.15, 0.2) is 0 Å². The van der Waals surface area contributed by atoms with Crippen LogP contribution in [0.15, 0.2) is 29.0 Å². The quantitative estimate of drug-likeness (QED) is 0.899. The first-order valence-electron chi connectivity index (χ1n) is 6.64. The normalized spacial score (nSPS) is 18.3. The second-order valence-electron chi connectivity index (χ2n) is 5.05. The van der Waals surface area contributed by atoms with Crippen molar-refractivity contribution in [1.29, 1.82) is 0 Å². The largest absolute Gasteiger partial charge is 0.464 e. The lowest BCUT2D eigenvalue weighted by Gasteiger charge is -2.21. The van der Waals surface area contributed by atoms with Crippen molar-refractivity contribution in [2.45, 2.75) is 25.8 Å². The molecule has 0 spiro atoms. The molecule has 1 fully saturated rings. The van der Waals surface area contributed by atoms with E-state index in [9.17, 15) is 0 Å². The first-order chi connectivity index (χ1) is 8.83. The lowest BCUT2D eigenvalue weighted by Crippen LogP contribution is -2.33. The molecule has 1 aliphatic heterocycles. The van der Waals surface area contributed by atoms with E-state index >= 15 is 0 Å². The lowest BCUT2D eigenvalue weighted by atomic mass is 10.2. The van der Waals surface area contributed by atoms with E-state index in [4.69, 9.17) is 4.42 Å². The molecule has 0 saturated carbocycles. The summed E-state index contributed by atoms with van der Waals surface area (Å²) < 4.78 is 5.38. The lowest BCUT2D eigenvalue weighted by molar-refractivity contribution is 0.327. The summed E-state index contributed by atoms with van der Waals surface area (Å²) in [5.74, 6) is 0.924. The molecule has 0 radical (unpaired) electrons. The highest BCUT2D eigenvalue weighted by atomic mass is 16.3. The van der Waals surface area contributed by atoms with Crippen molar-refractivity contribution in [2.24, 2.45) is 0 Å². The van der Waals surface area contributed by atoms with E-state index in [0.29, 0.717) is 6.04 Å². The van der Waals surface area contributed by atoms with Crippen molar-refractivity contribution in [3.63, 3.8) is 0 Å². The topological polar surface area (TPSA) is 41.3 Å². The average molecular weight is 245 g/mol. The average Bonchev–Trinajstić information content (AvgIpc) is 2.99. The molecule has 0 aromatic carbocycles. The van der Waals surface area contributed by atoms with Gasteiger partial charge in [0.05, 0.1) is 11.6 Å². The standard InChI is InChI=1S/C14H19N3O/c1-11(10-17-7-2-3-8-17)16-14-12-5-9-18-13(12)4-6-15-14/h4-6,9,11H,2-3,7-8,10H2,1H3,(H,15,16). The van der Waals surface area contributed by atoms with Crippen LogP contribution in [0.3, 0.4) is 0 Å². The molecule has 96 valence electrons. The van der Waals surface area contributed by atoms with Crippen LogP contribution < -0.4 is 5.32 Å². The van der Waals surface area contributed by atoms with E-state index in [1.54, 1.807) is 12.5 Å². The third kappa shape index (κ3) is 2.34. The molecule has 4 nitrogen and oxygen atoms in total. The number of nitrogens with one attached hydrogen (secondary N) is 1. The van der Waals surface area contributed by atoms with Crippen molar-refractivity contribution in [1.82, 2.24) is 9.88 Å². The number of aromatic nitrogens is 1. The van der Waals surface area contributed by atoms with Gasteiger partial charge in [0.25, 0.3) is 0 Å². The van der Waals surface area contributed by atoms with Gasteiger partial charge in [0.1, 0.15) is 11.4 Å². The number of pyridine rings is 1. The zero-order valence-electron chi connectivity index (χ0n) is 10.7. The van der Waals surface area contributed by atoms with Crippen LogP contribution in [0.4, 0.5) is 5.82 Å². The highest BCUT2D eigenvalue weighted by Crippen LogP contribution is 2.22. The molecule has 0 aliphatic carbocycles. The minimum atomic E-state index is 0.399. The number of rotatable bonds is 4. The maximum atomic E-state index is 5.38. The van der Waals surface area contributed by atoms with Crippen molar-refractivity contribution >= 4 is 16.8 Å². The maximum Gasteiger partial charge on any atom is 0.139 e. The minimum absolute atomic E-state index is 0.399. The van der Waals surface area contributed by atoms with Crippen LogP contribution in [0.1, 0.15) is 19.8 Å². The van der Waals surface area contributed by atoms with Crippen molar-refractivity contribution < 1.29 is 4.42 Å². The summed E-state index contributed by atoms with van der Waals surface area (Å²) in [4.78, 5) is 6.91. The Morgan fingerprint density at radius 3 is 3.06 bits per heavy atom. The van der Waals surface area contributed by atoms with Crippen LogP contribution in [-0.2, 0) is 0 Å². The van der Waals surface area contributed by atoms with Crippen molar-refractivity contribution in [3.05, 3.63) is 24.6 Å². The summed E-state index contributed by atoms with van der Waals surface area (Å²) in [6.45, 7) is 5.75. The maximum absolute atomic E-state index is 5.38. The second kappa shape index (κ2) is 4.98. The zero-order chi connectivity index (χ0) is 12.4. The molecule has 3 rings (SSSR count). The smallest absolute Gasteiger partial charge is 0.139 e. The Labute approximate surface area is 107 Å². The van der Waals surface area contributed by atoms with Crippen molar-refractivity contribution in [2.75, 3.05) is 25.0 Å². The Kier molecular flexibility index (Phi) is 3.19. The molecule has 2 aromatic heterocycles. The molecular formula is C14H19N3O. The van der Waals surface area contributed by atoms with E-state index in [1.165, 1.54) is 25.9 Å². The summed E-state index contributed by atoms with van der Waals surface area (Å²) in [7, 11) is 0. The van der Waals surface area contributed by atoms with Crippen LogP contribution >= 0.6 is 0 Å². The Hall–Kier alpha value is -1.55. The molecule has 1 atom stereocenters. The molecule has 1 unspecified atom stereocenters. The summed E-state index contributed by atoms with van der Waals surface area (Å²) in [5, 5.41) is 4.55. The van der Waals surface area contributed by atoms with Crippen LogP contribution in [-0.4, -0.2) is 35.6 Å². The molecule has 0 amide bonds. The SMILES string of the molecule is CC(CN1CCCC1)Nc1nccc2occc12. The Morgan fingerprint density at radius 1 is 1.39 bits per heavy atom. The van der Waals surface area contributed by atoms with Gasteiger partial charge in [-0.2, -0.15) is 0 Å². The second-order valence-corrected chi connectivity index (χ2v) is 5.05. The molecule has 1 aliphatic rings. The van der Waals surface area contributed by atoms with Gasteiger partial charge in [-0.25, -0.2) is 4.98 Å². The first-order valence-corrected chi connectivity index (χ1v) is 6.64.